The van der Waals surface area contributed by atoms with Crippen molar-refractivity contribution >= 4 is 0 Å². The lowest BCUT2D eigenvalue weighted by atomic mass is 9.74. The van der Waals surface area contributed by atoms with Gasteiger partial charge in [-0.25, -0.2) is 0 Å². The minimum absolute atomic E-state index is 0.494. The van der Waals surface area contributed by atoms with Gasteiger partial charge in [-0.05, 0) is 55.6 Å². The molecule has 1 aromatic carbocycles. The van der Waals surface area contributed by atoms with Crippen molar-refractivity contribution in [1.29, 1.82) is 0 Å². The van der Waals surface area contributed by atoms with Gasteiger partial charge in [-0.1, -0.05) is 30.7 Å². The lowest BCUT2D eigenvalue weighted by molar-refractivity contribution is 0.0314. The summed E-state index contributed by atoms with van der Waals surface area (Å²) in [5.41, 5.74) is 2.01. The predicted molar refractivity (Wildman–Crippen MR) is 65.3 cm³/mol. The van der Waals surface area contributed by atoms with Crippen molar-refractivity contribution in [2.45, 2.75) is 50.5 Å². The predicted octanol–water partition coefficient (Wildman–Crippen LogP) is 3.57. The Morgan fingerprint density at radius 3 is 2.38 bits per heavy atom. The van der Waals surface area contributed by atoms with Crippen LogP contribution in [0.4, 0.5) is 0 Å². The second kappa shape index (κ2) is 3.59. The third-order valence-electron chi connectivity index (χ3n) is 4.42. The minimum atomic E-state index is -0.591. The number of hydrogen-bond acceptors (Lipinski definition) is 1. The fourth-order valence-electron chi connectivity index (χ4n) is 2.90. The zero-order chi connectivity index (χ0) is 11.2. The summed E-state index contributed by atoms with van der Waals surface area (Å²) in [6.07, 6.45) is 6.33. The van der Waals surface area contributed by atoms with Gasteiger partial charge >= 0.3 is 0 Å². The molecule has 0 aliphatic heterocycles. The average Bonchev–Trinajstić information content (AvgIpc) is 2.98. The van der Waals surface area contributed by atoms with Crippen LogP contribution in [0.15, 0.2) is 24.3 Å². The molecule has 2 aliphatic carbocycles. The molecule has 1 aromatic rings. The van der Waals surface area contributed by atoms with Gasteiger partial charge in [0.05, 0.1) is 5.60 Å². The number of hydrogen-bond donors (Lipinski definition) is 1. The molecular weight excluding hydrogens is 196 g/mol. The van der Waals surface area contributed by atoms with Crippen LogP contribution in [0, 0.1) is 5.92 Å². The van der Waals surface area contributed by atoms with Gasteiger partial charge in [0.1, 0.15) is 0 Å². The molecule has 3 rings (SSSR count). The highest BCUT2D eigenvalue weighted by Crippen LogP contribution is 2.49. The van der Waals surface area contributed by atoms with Crippen molar-refractivity contribution in [1.82, 2.24) is 0 Å². The van der Waals surface area contributed by atoms with E-state index in [1.165, 1.54) is 43.2 Å². The molecule has 86 valence electrons. The third kappa shape index (κ3) is 1.58. The van der Waals surface area contributed by atoms with Gasteiger partial charge < -0.3 is 5.11 Å². The van der Waals surface area contributed by atoms with E-state index in [1.54, 1.807) is 0 Å². The maximum absolute atomic E-state index is 10.7. The molecule has 0 aromatic heterocycles. The average molecular weight is 216 g/mol. The Kier molecular flexibility index (Phi) is 2.32. The number of benzene rings is 1. The fourth-order valence-corrected chi connectivity index (χ4v) is 2.90. The zero-order valence-electron chi connectivity index (χ0n) is 9.95. The Bertz CT molecular complexity index is 386. The molecule has 2 fully saturated rings. The van der Waals surface area contributed by atoms with Crippen LogP contribution >= 0.6 is 0 Å². The van der Waals surface area contributed by atoms with Crippen LogP contribution in [0.1, 0.15) is 56.1 Å². The Labute approximate surface area is 97.5 Å². The first-order valence-electron chi connectivity index (χ1n) is 6.51. The van der Waals surface area contributed by atoms with Gasteiger partial charge in [-0.3, -0.25) is 0 Å². The summed E-state index contributed by atoms with van der Waals surface area (Å²) >= 11 is 0. The van der Waals surface area contributed by atoms with E-state index in [4.69, 9.17) is 0 Å². The monoisotopic (exact) mass is 216 g/mol. The van der Waals surface area contributed by atoms with E-state index in [2.05, 4.69) is 24.3 Å². The summed E-state index contributed by atoms with van der Waals surface area (Å²) in [5.74, 6) is 1.20. The van der Waals surface area contributed by atoms with Crippen molar-refractivity contribution in [3.8, 4) is 0 Å². The summed E-state index contributed by atoms with van der Waals surface area (Å²) in [6, 6.07) is 8.52. The standard InChI is InChI=1S/C15H20O/c1-15(16,12-9-10-12)14-8-3-2-7-13(14)11-5-4-6-11/h2-3,7-8,11-12,16H,4-6,9-10H2,1H3. The SMILES string of the molecule is CC(O)(c1ccccc1C1CCC1)C1CC1. The van der Waals surface area contributed by atoms with Crippen molar-refractivity contribution < 1.29 is 5.11 Å². The van der Waals surface area contributed by atoms with Crippen molar-refractivity contribution in [3.05, 3.63) is 35.4 Å². The molecule has 0 spiro atoms. The summed E-state index contributed by atoms with van der Waals surface area (Å²) in [7, 11) is 0. The molecule has 1 heteroatoms. The molecule has 1 nitrogen and oxygen atoms in total. The van der Waals surface area contributed by atoms with E-state index in [0.717, 1.165) is 0 Å². The van der Waals surface area contributed by atoms with Gasteiger partial charge in [-0.2, -0.15) is 0 Å². The van der Waals surface area contributed by atoms with Crippen LogP contribution in [-0.4, -0.2) is 5.11 Å². The van der Waals surface area contributed by atoms with E-state index in [1.807, 2.05) is 6.92 Å². The summed E-state index contributed by atoms with van der Waals surface area (Å²) in [6.45, 7) is 2.00. The van der Waals surface area contributed by atoms with E-state index >= 15 is 0 Å². The molecule has 1 N–H and O–H groups in total. The molecule has 0 amide bonds. The Morgan fingerprint density at radius 2 is 1.81 bits per heavy atom. The van der Waals surface area contributed by atoms with Crippen molar-refractivity contribution in [2.75, 3.05) is 0 Å². The van der Waals surface area contributed by atoms with Crippen LogP contribution < -0.4 is 0 Å². The van der Waals surface area contributed by atoms with Crippen LogP contribution in [0.5, 0.6) is 0 Å². The maximum Gasteiger partial charge on any atom is 0.0899 e. The Morgan fingerprint density at radius 1 is 1.12 bits per heavy atom. The molecule has 2 aliphatic rings. The molecule has 0 bridgehead atoms. The first-order chi connectivity index (χ1) is 7.69. The van der Waals surface area contributed by atoms with Crippen LogP contribution in [0.2, 0.25) is 0 Å². The molecule has 1 unspecified atom stereocenters. The number of rotatable bonds is 3. The van der Waals surface area contributed by atoms with Crippen molar-refractivity contribution in [3.63, 3.8) is 0 Å². The van der Waals surface area contributed by atoms with Crippen LogP contribution in [0.25, 0.3) is 0 Å². The first kappa shape index (κ1) is 10.3. The smallest absolute Gasteiger partial charge is 0.0899 e. The van der Waals surface area contributed by atoms with E-state index in [-0.39, 0.29) is 0 Å². The second-order valence-electron chi connectivity index (χ2n) is 5.64. The van der Waals surface area contributed by atoms with Crippen LogP contribution in [0.3, 0.4) is 0 Å². The molecule has 0 saturated heterocycles. The molecule has 0 heterocycles. The van der Waals surface area contributed by atoms with E-state index < -0.39 is 5.60 Å². The van der Waals surface area contributed by atoms with E-state index in [0.29, 0.717) is 11.8 Å². The molecular formula is C15H20O. The first-order valence-corrected chi connectivity index (χ1v) is 6.51. The lowest BCUT2D eigenvalue weighted by Crippen LogP contribution is -2.27. The van der Waals surface area contributed by atoms with Gasteiger partial charge in [-0.15, -0.1) is 0 Å². The topological polar surface area (TPSA) is 20.2 Å². The van der Waals surface area contributed by atoms with E-state index in [9.17, 15) is 5.11 Å². The molecule has 16 heavy (non-hydrogen) atoms. The Hall–Kier alpha value is -0.820. The fraction of sp³-hybridized carbons (Fsp3) is 0.600. The van der Waals surface area contributed by atoms with Crippen molar-refractivity contribution in [2.24, 2.45) is 5.92 Å². The molecule has 0 radical (unpaired) electrons. The highest BCUT2D eigenvalue weighted by atomic mass is 16.3. The third-order valence-corrected chi connectivity index (χ3v) is 4.42. The summed E-state index contributed by atoms with van der Waals surface area (Å²) < 4.78 is 0. The van der Waals surface area contributed by atoms with Gasteiger partial charge in [0.25, 0.3) is 0 Å². The van der Waals surface area contributed by atoms with Gasteiger partial charge in [0, 0.05) is 0 Å². The summed E-state index contributed by atoms with van der Waals surface area (Å²) in [4.78, 5) is 0. The second-order valence-corrected chi connectivity index (χ2v) is 5.64. The maximum atomic E-state index is 10.7. The highest BCUT2D eigenvalue weighted by molar-refractivity contribution is 5.37. The molecule has 1 atom stereocenters. The zero-order valence-corrected chi connectivity index (χ0v) is 9.95. The number of aliphatic hydroxyl groups is 1. The molecule has 2 saturated carbocycles. The quantitative estimate of drug-likeness (QED) is 0.819. The largest absolute Gasteiger partial charge is 0.385 e. The van der Waals surface area contributed by atoms with Crippen LogP contribution in [-0.2, 0) is 5.60 Å². The normalized spacial score (nSPS) is 24.9. The lowest BCUT2D eigenvalue weighted by Gasteiger charge is -2.33. The minimum Gasteiger partial charge on any atom is -0.385 e. The Balaban J connectivity index is 1.98. The van der Waals surface area contributed by atoms with Gasteiger partial charge in [0.15, 0.2) is 0 Å². The highest BCUT2D eigenvalue weighted by Gasteiger charge is 2.43. The summed E-state index contributed by atoms with van der Waals surface area (Å²) in [5, 5.41) is 10.7. The van der Waals surface area contributed by atoms with Gasteiger partial charge in [0.2, 0.25) is 0 Å².